The second-order valence-corrected chi connectivity index (χ2v) is 17.9. The Morgan fingerprint density at radius 2 is 1.07 bits per heavy atom. The van der Waals surface area contributed by atoms with E-state index in [0.29, 0.717) is 26.3 Å². The first-order chi connectivity index (χ1) is 33.9. The average Bonchev–Trinajstić information content (AvgIpc) is 4.18. The van der Waals surface area contributed by atoms with Gasteiger partial charge in [0, 0.05) is 39.3 Å². The van der Waals surface area contributed by atoms with Gasteiger partial charge in [-0.2, -0.15) is 0 Å². The lowest BCUT2D eigenvalue weighted by Gasteiger charge is -2.21. The number of amides is 8. The van der Waals surface area contributed by atoms with E-state index in [1.165, 1.54) is 22.0 Å². The van der Waals surface area contributed by atoms with E-state index < -0.39 is 95.9 Å². The molecule has 370 valence electrons. The number of fused-ring (bicyclic) bond motifs is 3. The number of benzene rings is 2. The zero-order valence-corrected chi connectivity index (χ0v) is 39.0. The first-order valence-corrected chi connectivity index (χ1v) is 23.8. The molecule has 8 rings (SSSR count). The second kappa shape index (κ2) is 22.4. The van der Waals surface area contributed by atoms with E-state index in [1.807, 2.05) is 67.6 Å². The zero-order chi connectivity index (χ0) is 49.5. The van der Waals surface area contributed by atoms with Crippen LogP contribution in [0.3, 0.4) is 0 Å². The molecule has 8 amide bonds. The fraction of sp³-hybridized carbons (Fsp3) is 0.451. The van der Waals surface area contributed by atoms with Gasteiger partial charge in [-0.25, -0.2) is 4.79 Å². The Kier molecular flexibility index (Phi) is 15.9. The highest BCUT2D eigenvalue weighted by Gasteiger charge is 2.62. The molecule has 5 N–H and O–H groups in total. The average molecular weight is 961 g/mol. The maximum Gasteiger partial charge on any atom is 0.321 e. The van der Waals surface area contributed by atoms with Gasteiger partial charge < -0.3 is 35.3 Å². The molecule has 0 aromatic heterocycles. The number of likely N-dealkylation sites (tertiary alicyclic amines) is 3. The van der Waals surface area contributed by atoms with Crippen LogP contribution in [0.5, 0.6) is 0 Å². The molecule has 2 aromatic rings. The quantitative estimate of drug-likeness (QED) is 0.0458. The number of ether oxygens (including phenoxy) is 4. The number of aliphatic imine (C=N–C) groups is 1. The Morgan fingerprint density at radius 1 is 0.629 bits per heavy atom. The highest BCUT2D eigenvalue weighted by molar-refractivity contribution is 6.08. The van der Waals surface area contributed by atoms with Crippen molar-refractivity contribution in [2.24, 2.45) is 46.2 Å². The first kappa shape index (κ1) is 49.8. The predicted molar refractivity (Wildman–Crippen MR) is 253 cm³/mol. The minimum absolute atomic E-state index is 0.0961. The molecule has 19 heteroatoms. The van der Waals surface area contributed by atoms with Crippen LogP contribution < -0.4 is 21.7 Å². The fourth-order valence-electron chi connectivity index (χ4n) is 10.3. The predicted octanol–water partition coefficient (Wildman–Crippen LogP) is 1.61. The van der Waals surface area contributed by atoms with Gasteiger partial charge in [0.25, 0.3) is 0 Å². The molecule has 12 atom stereocenters. The van der Waals surface area contributed by atoms with Crippen molar-refractivity contribution in [3.63, 3.8) is 0 Å². The number of nitrogens with two attached hydrogens (primary N) is 1. The van der Waals surface area contributed by atoms with E-state index >= 15 is 0 Å². The standard InChI is InChI=1S/C51H60N8O11/c1-4-26-67-27-23-55-51(66)56-50(52)54-22-25-58-46(62)42-36(19-17-34-40-38(32(5-2)68-34)44(60)57(45(40)61)24-21-53-28-30-13-9-7-10-14-30)70-37(43(42)47(58)63)20-18-35-41-39(33(6-3)69-35)48(64)59(49(41)65)29-31-15-11-8-12-16-31/h5-20,32-43,53H,2-4,21-29H2,1H3,(H4,52,54,55,56,66)/b19-17-,20-18-. The van der Waals surface area contributed by atoms with Gasteiger partial charge in [0.1, 0.15) is 0 Å². The SMILES string of the molecule is C=CC1OC(/C=C\C2OC(/C=C\C3OC(C=C)C4C(=O)N(Cc5ccccc5)C(=O)C34)C3C(=O)N(CCN=C(N)NC(=O)NCCOCCC)C(=O)C23)C2C(=O)N(CCNCc3ccccc3)C(=O)C12. The van der Waals surface area contributed by atoms with Crippen molar-refractivity contribution in [1.82, 2.24) is 30.7 Å². The molecule has 12 unspecified atom stereocenters. The summed E-state index contributed by atoms with van der Waals surface area (Å²) in [7, 11) is 0. The molecule has 0 spiro atoms. The lowest BCUT2D eigenvalue weighted by Crippen LogP contribution is -2.44. The monoisotopic (exact) mass is 960 g/mol. The summed E-state index contributed by atoms with van der Waals surface area (Å²) in [6, 6.07) is 18.3. The van der Waals surface area contributed by atoms with E-state index in [-0.39, 0.29) is 56.4 Å². The van der Waals surface area contributed by atoms with Crippen LogP contribution in [0.4, 0.5) is 4.79 Å². The molecule has 6 aliphatic rings. The van der Waals surface area contributed by atoms with Crippen molar-refractivity contribution in [2.45, 2.75) is 63.1 Å². The Balaban J connectivity index is 0.987. The normalized spacial score (nSPS) is 30.6. The third-order valence-corrected chi connectivity index (χ3v) is 13.6. The van der Waals surface area contributed by atoms with Crippen molar-refractivity contribution in [3.8, 4) is 0 Å². The fourth-order valence-corrected chi connectivity index (χ4v) is 10.3. The Morgan fingerprint density at radius 3 is 1.56 bits per heavy atom. The largest absolute Gasteiger partial charge is 0.380 e. The third-order valence-electron chi connectivity index (χ3n) is 13.6. The van der Waals surface area contributed by atoms with Gasteiger partial charge in [0.15, 0.2) is 5.96 Å². The van der Waals surface area contributed by atoms with E-state index in [4.69, 9.17) is 24.7 Å². The van der Waals surface area contributed by atoms with Crippen molar-refractivity contribution in [2.75, 3.05) is 45.9 Å². The summed E-state index contributed by atoms with van der Waals surface area (Å²) in [6.07, 6.45) is 4.94. The summed E-state index contributed by atoms with van der Waals surface area (Å²) in [4.78, 5) is 104. The molecule has 6 aliphatic heterocycles. The zero-order valence-electron chi connectivity index (χ0n) is 39.0. The van der Waals surface area contributed by atoms with Gasteiger partial charge in [0.05, 0.1) is 91.8 Å². The van der Waals surface area contributed by atoms with Crippen LogP contribution in [-0.4, -0.2) is 145 Å². The molecule has 6 fully saturated rings. The van der Waals surface area contributed by atoms with Gasteiger partial charge in [0.2, 0.25) is 35.4 Å². The Bertz CT molecular complexity index is 2410. The topological polar surface area (TPSA) is 241 Å². The molecule has 6 heterocycles. The molecule has 6 saturated heterocycles. The Hall–Kier alpha value is -6.64. The van der Waals surface area contributed by atoms with Crippen LogP contribution in [0.2, 0.25) is 0 Å². The van der Waals surface area contributed by atoms with Crippen molar-refractivity contribution in [1.29, 1.82) is 0 Å². The summed E-state index contributed by atoms with van der Waals surface area (Å²) in [5, 5.41) is 8.31. The molecule has 19 nitrogen and oxygen atoms in total. The summed E-state index contributed by atoms with van der Waals surface area (Å²) in [6.45, 7) is 11.7. The Labute approximate surface area is 406 Å². The molecule has 2 aromatic carbocycles. The summed E-state index contributed by atoms with van der Waals surface area (Å²) >= 11 is 0. The maximum atomic E-state index is 14.3. The van der Waals surface area contributed by atoms with Crippen LogP contribution >= 0.6 is 0 Å². The summed E-state index contributed by atoms with van der Waals surface area (Å²) in [5.41, 5.74) is 7.81. The molecular formula is C51H60N8O11. The number of nitrogens with zero attached hydrogens (tertiary/aromatic N) is 4. The van der Waals surface area contributed by atoms with Crippen LogP contribution in [0.1, 0.15) is 24.5 Å². The number of hydrogen-bond donors (Lipinski definition) is 4. The summed E-state index contributed by atoms with van der Waals surface area (Å²) in [5.74, 6) is -8.23. The van der Waals surface area contributed by atoms with Crippen molar-refractivity contribution in [3.05, 3.63) is 121 Å². The summed E-state index contributed by atoms with van der Waals surface area (Å²) < 4.78 is 24.3. The van der Waals surface area contributed by atoms with Gasteiger partial charge in [-0.05, 0) is 17.5 Å². The number of hydrogen-bond acceptors (Lipinski definition) is 13. The van der Waals surface area contributed by atoms with Gasteiger partial charge in [-0.3, -0.25) is 53.8 Å². The molecule has 0 aliphatic carbocycles. The second-order valence-electron chi connectivity index (χ2n) is 17.9. The van der Waals surface area contributed by atoms with E-state index in [9.17, 15) is 33.6 Å². The van der Waals surface area contributed by atoms with Crippen LogP contribution in [0.15, 0.2) is 115 Å². The van der Waals surface area contributed by atoms with Crippen LogP contribution in [0.25, 0.3) is 0 Å². The maximum absolute atomic E-state index is 14.3. The highest BCUT2D eigenvalue weighted by atomic mass is 16.5. The number of guanidine groups is 1. The minimum atomic E-state index is -1.03. The number of urea groups is 1. The van der Waals surface area contributed by atoms with Crippen molar-refractivity contribution < 1.29 is 52.5 Å². The number of imide groups is 3. The van der Waals surface area contributed by atoms with Crippen LogP contribution in [-0.2, 0) is 60.8 Å². The third kappa shape index (κ3) is 10.3. The molecule has 70 heavy (non-hydrogen) atoms. The van der Waals surface area contributed by atoms with Crippen LogP contribution in [0, 0.1) is 35.5 Å². The minimum Gasteiger partial charge on any atom is -0.380 e. The number of carbonyl (C=O) groups excluding carboxylic acids is 7. The molecule has 0 saturated carbocycles. The lowest BCUT2D eigenvalue weighted by molar-refractivity contribution is -0.144. The molecular weight excluding hydrogens is 901 g/mol. The van der Waals surface area contributed by atoms with Crippen molar-refractivity contribution >= 4 is 47.4 Å². The smallest absolute Gasteiger partial charge is 0.321 e. The van der Waals surface area contributed by atoms with E-state index in [0.717, 1.165) is 22.4 Å². The van der Waals surface area contributed by atoms with Gasteiger partial charge in [-0.1, -0.05) is 104 Å². The molecule has 0 radical (unpaired) electrons. The highest BCUT2D eigenvalue weighted by Crippen LogP contribution is 2.46. The first-order valence-electron chi connectivity index (χ1n) is 23.8. The number of rotatable bonds is 21. The number of carbonyl (C=O) groups is 7. The lowest BCUT2D eigenvalue weighted by atomic mass is 9.86. The van der Waals surface area contributed by atoms with Gasteiger partial charge in [-0.15, -0.1) is 13.2 Å². The van der Waals surface area contributed by atoms with Gasteiger partial charge >= 0.3 is 6.03 Å². The number of nitrogens with one attached hydrogen (secondary N) is 3. The molecule has 0 bridgehead atoms. The van der Waals surface area contributed by atoms with E-state index in [1.54, 1.807) is 24.3 Å². The van der Waals surface area contributed by atoms with E-state index in [2.05, 4.69) is 34.1 Å².